The molecule has 1 aliphatic heterocycles. The van der Waals surface area contributed by atoms with Crippen molar-refractivity contribution < 1.29 is 9.15 Å². The maximum absolute atomic E-state index is 6.71. The third-order valence-electron chi connectivity index (χ3n) is 9.75. The van der Waals surface area contributed by atoms with E-state index in [0.29, 0.717) is 0 Å². The molecule has 0 atom stereocenters. The standard InChI is InChI=1S/C43H27NO2/c1-4-13-33-30(10-1)31-11-2-5-14-34(31)43(33)35-15-6-8-18-39(35)46-41-26-28(22-25-36(41)43)27-20-23-29(24-21-27)44-37-16-9-19-40-42(37)32-12-3-7-17-38(32)45-40/h1-26,44H. The SMILES string of the molecule is c1ccc2c(c1)Oc1cc(-c3ccc(Nc4cccc5oc6ccccc6c45)cc3)ccc1C21c2ccccc2-c2ccccc21. The fourth-order valence-electron chi connectivity index (χ4n) is 7.82. The summed E-state index contributed by atoms with van der Waals surface area (Å²) in [5.41, 5.74) is 13.1. The van der Waals surface area contributed by atoms with Crippen LogP contribution in [0, 0.1) is 0 Å². The maximum atomic E-state index is 6.71. The van der Waals surface area contributed by atoms with E-state index in [-0.39, 0.29) is 0 Å². The molecule has 0 radical (unpaired) electrons. The van der Waals surface area contributed by atoms with Crippen LogP contribution in [0.15, 0.2) is 162 Å². The fraction of sp³-hybridized carbons (Fsp3) is 0.0233. The molecule has 3 nitrogen and oxygen atoms in total. The zero-order chi connectivity index (χ0) is 30.2. The number of fused-ring (bicyclic) bond motifs is 12. The molecule has 216 valence electrons. The van der Waals surface area contributed by atoms with Crippen LogP contribution in [-0.4, -0.2) is 0 Å². The first-order chi connectivity index (χ1) is 22.8. The number of ether oxygens (including phenoxy) is 1. The van der Waals surface area contributed by atoms with E-state index >= 15 is 0 Å². The number of furan rings is 1. The Morgan fingerprint density at radius 2 is 1.09 bits per heavy atom. The molecule has 0 fully saturated rings. The number of hydrogen-bond acceptors (Lipinski definition) is 3. The van der Waals surface area contributed by atoms with Gasteiger partial charge in [-0.05, 0) is 75.8 Å². The van der Waals surface area contributed by atoms with Crippen LogP contribution >= 0.6 is 0 Å². The Morgan fingerprint density at radius 1 is 0.457 bits per heavy atom. The molecule has 1 spiro atoms. The normalized spacial score (nSPS) is 13.6. The summed E-state index contributed by atoms with van der Waals surface area (Å²) in [7, 11) is 0. The molecule has 2 heterocycles. The molecule has 1 aromatic heterocycles. The second-order valence-electron chi connectivity index (χ2n) is 12.1. The third kappa shape index (κ3) is 3.43. The first kappa shape index (κ1) is 25.3. The Labute approximate surface area is 266 Å². The van der Waals surface area contributed by atoms with Gasteiger partial charge in [0.25, 0.3) is 0 Å². The van der Waals surface area contributed by atoms with Gasteiger partial charge in [-0.3, -0.25) is 0 Å². The van der Waals surface area contributed by atoms with Gasteiger partial charge in [0.15, 0.2) is 0 Å². The molecule has 7 aromatic carbocycles. The number of hydrogen-bond donors (Lipinski definition) is 1. The molecule has 1 aliphatic carbocycles. The lowest BCUT2D eigenvalue weighted by molar-refractivity contribution is 0.436. The minimum Gasteiger partial charge on any atom is -0.457 e. The predicted molar refractivity (Wildman–Crippen MR) is 186 cm³/mol. The summed E-state index contributed by atoms with van der Waals surface area (Å²) in [4.78, 5) is 0. The highest BCUT2D eigenvalue weighted by atomic mass is 16.5. The van der Waals surface area contributed by atoms with Crippen molar-refractivity contribution in [2.75, 3.05) is 5.32 Å². The fourth-order valence-corrected chi connectivity index (χ4v) is 7.82. The molecule has 8 aromatic rings. The average Bonchev–Trinajstić information content (AvgIpc) is 3.64. The van der Waals surface area contributed by atoms with E-state index < -0.39 is 5.41 Å². The van der Waals surface area contributed by atoms with Gasteiger partial charge < -0.3 is 14.5 Å². The van der Waals surface area contributed by atoms with Crippen molar-refractivity contribution in [2.45, 2.75) is 5.41 Å². The molecule has 0 bridgehead atoms. The van der Waals surface area contributed by atoms with E-state index in [0.717, 1.165) is 55.9 Å². The first-order valence-corrected chi connectivity index (χ1v) is 15.7. The molecule has 0 saturated heterocycles. The minimum atomic E-state index is -0.443. The Balaban J connectivity index is 1.06. The van der Waals surface area contributed by atoms with Crippen LogP contribution in [0.4, 0.5) is 11.4 Å². The summed E-state index contributed by atoms with van der Waals surface area (Å²) in [6, 6.07) is 55.8. The van der Waals surface area contributed by atoms with Gasteiger partial charge in [-0.25, -0.2) is 0 Å². The van der Waals surface area contributed by atoms with Crippen molar-refractivity contribution in [2.24, 2.45) is 0 Å². The Kier molecular flexibility index (Phi) is 5.20. The molecule has 0 saturated carbocycles. The van der Waals surface area contributed by atoms with Crippen molar-refractivity contribution >= 4 is 33.3 Å². The van der Waals surface area contributed by atoms with Crippen LogP contribution in [0.1, 0.15) is 22.3 Å². The van der Waals surface area contributed by atoms with Crippen molar-refractivity contribution in [3.63, 3.8) is 0 Å². The van der Waals surface area contributed by atoms with Crippen LogP contribution < -0.4 is 10.1 Å². The van der Waals surface area contributed by atoms with Gasteiger partial charge in [-0.2, -0.15) is 0 Å². The Hall–Kier alpha value is -6.06. The zero-order valence-corrected chi connectivity index (χ0v) is 24.8. The van der Waals surface area contributed by atoms with Crippen LogP contribution in [0.5, 0.6) is 11.5 Å². The third-order valence-corrected chi connectivity index (χ3v) is 9.75. The van der Waals surface area contributed by atoms with Gasteiger partial charge in [-0.1, -0.05) is 115 Å². The minimum absolute atomic E-state index is 0.443. The average molecular weight is 590 g/mol. The largest absolute Gasteiger partial charge is 0.457 e. The lowest BCUT2D eigenvalue weighted by atomic mass is 9.66. The second kappa shape index (κ2) is 9.47. The highest BCUT2D eigenvalue weighted by Crippen LogP contribution is 2.62. The molecule has 0 unspecified atom stereocenters. The molecular weight excluding hydrogens is 562 g/mol. The van der Waals surface area contributed by atoms with Crippen molar-refractivity contribution in [3.05, 3.63) is 180 Å². The number of anilines is 2. The van der Waals surface area contributed by atoms with Crippen LogP contribution in [0.25, 0.3) is 44.2 Å². The molecule has 3 heteroatoms. The Morgan fingerprint density at radius 3 is 1.89 bits per heavy atom. The van der Waals surface area contributed by atoms with Crippen LogP contribution in [0.3, 0.4) is 0 Å². The molecule has 1 N–H and O–H groups in total. The summed E-state index contributed by atoms with van der Waals surface area (Å²) >= 11 is 0. The highest BCUT2D eigenvalue weighted by Gasteiger charge is 2.50. The smallest absolute Gasteiger partial charge is 0.137 e. The first-order valence-electron chi connectivity index (χ1n) is 15.7. The number of nitrogens with one attached hydrogen (secondary N) is 1. The molecular formula is C43H27NO2. The van der Waals surface area contributed by atoms with E-state index in [9.17, 15) is 0 Å². The van der Waals surface area contributed by atoms with Gasteiger partial charge in [0.2, 0.25) is 0 Å². The zero-order valence-electron chi connectivity index (χ0n) is 24.8. The molecule has 0 amide bonds. The molecule has 2 aliphatic rings. The van der Waals surface area contributed by atoms with Gasteiger partial charge in [-0.15, -0.1) is 0 Å². The summed E-state index contributed by atoms with van der Waals surface area (Å²) in [6.07, 6.45) is 0. The lowest BCUT2D eigenvalue weighted by Gasteiger charge is -2.39. The van der Waals surface area contributed by atoms with Gasteiger partial charge >= 0.3 is 0 Å². The topological polar surface area (TPSA) is 34.4 Å². The van der Waals surface area contributed by atoms with E-state index in [1.165, 1.54) is 33.4 Å². The van der Waals surface area contributed by atoms with Crippen molar-refractivity contribution in [3.8, 4) is 33.8 Å². The van der Waals surface area contributed by atoms with E-state index in [1.54, 1.807) is 0 Å². The van der Waals surface area contributed by atoms with Crippen LogP contribution in [-0.2, 0) is 5.41 Å². The number of benzene rings is 7. The monoisotopic (exact) mass is 589 g/mol. The Bertz CT molecular complexity index is 2440. The van der Waals surface area contributed by atoms with E-state index in [1.807, 2.05) is 24.3 Å². The summed E-state index contributed by atoms with van der Waals surface area (Å²) in [6.45, 7) is 0. The predicted octanol–water partition coefficient (Wildman–Crippen LogP) is 11.5. The van der Waals surface area contributed by atoms with Crippen LogP contribution in [0.2, 0.25) is 0 Å². The number of para-hydroxylation sites is 2. The molecule has 46 heavy (non-hydrogen) atoms. The van der Waals surface area contributed by atoms with E-state index in [2.05, 4.69) is 139 Å². The number of rotatable bonds is 3. The van der Waals surface area contributed by atoms with Gasteiger partial charge in [0, 0.05) is 22.2 Å². The summed E-state index contributed by atoms with van der Waals surface area (Å²) in [5, 5.41) is 5.84. The van der Waals surface area contributed by atoms with Crippen molar-refractivity contribution in [1.29, 1.82) is 0 Å². The van der Waals surface area contributed by atoms with Gasteiger partial charge in [0.1, 0.15) is 22.7 Å². The van der Waals surface area contributed by atoms with Crippen molar-refractivity contribution in [1.82, 2.24) is 0 Å². The summed E-state index contributed by atoms with van der Waals surface area (Å²) in [5.74, 6) is 1.79. The maximum Gasteiger partial charge on any atom is 0.137 e. The van der Waals surface area contributed by atoms with E-state index in [4.69, 9.17) is 9.15 Å². The van der Waals surface area contributed by atoms with Gasteiger partial charge in [0.05, 0.1) is 16.5 Å². The highest BCUT2D eigenvalue weighted by molar-refractivity contribution is 6.12. The summed E-state index contributed by atoms with van der Waals surface area (Å²) < 4.78 is 12.8. The second-order valence-corrected chi connectivity index (χ2v) is 12.1. The quantitative estimate of drug-likeness (QED) is 0.223. The lowest BCUT2D eigenvalue weighted by Crippen LogP contribution is -2.32. The molecule has 10 rings (SSSR count).